The van der Waals surface area contributed by atoms with Crippen LogP contribution in [0.5, 0.6) is 11.5 Å². The van der Waals surface area contributed by atoms with Gasteiger partial charge in [-0.05, 0) is 23.3 Å². The lowest BCUT2D eigenvalue weighted by atomic mass is 9.89. The van der Waals surface area contributed by atoms with Gasteiger partial charge < -0.3 is 10.2 Å². The number of rotatable bonds is 4. The molecule has 2 N–H and O–H groups in total. The van der Waals surface area contributed by atoms with Crippen LogP contribution in [-0.4, -0.2) is 26.2 Å². The van der Waals surface area contributed by atoms with Gasteiger partial charge in [-0.25, -0.2) is 8.78 Å². The Balaban J connectivity index is 2.80. The molecule has 8 nitrogen and oxygen atoms in total. The first kappa shape index (κ1) is 19.8. The number of hydrogen-bond donors (Lipinski definition) is 2. The van der Waals surface area contributed by atoms with Crippen LogP contribution in [0.15, 0.2) is 24.3 Å². The van der Waals surface area contributed by atoms with E-state index in [0.29, 0.717) is 0 Å². The first-order valence-electron chi connectivity index (χ1n) is 6.75. The molecule has 0 aliphatic rings. The fourth-order valence-electron chi connectivity index (χ4n) is 2.39. The van der Waals surface area contributed by atoms with Crippen LogP contribution in [-0.2, 0) is 0 Å². The molecule has 2 aromatic rings. The highest BCUT2D eigenvalue weighted by atomic mass is 19.4. The molecule has 0 aliphatic heterocycles. The summed E-state index contributed by atoms with van der Waals surface area (Å²) in [5.74, 6) is -9.43. The molecule has 0 atom stereocenters. The monoisotopic (exact) mass is 394 g/mol. The molecule has 144 valence electrons. The van der Waals surface area contributed by atoms with Crippen molar-refractivity contribution in [1.29, 1.82) is 0 Å². The third-order valence-corrected chi connectivity index (χ3v) is 3.52. The fraction of sp³-hybridized carbons (Fsp3) is 0.143. The second-order valence-electron chi connectivity index (χ2n) is 5.23. The number of aromatic hydroxyl groups is 2. The van der Waals surface area contributed by atoms with Crippen molar-refractivity contribution in [3.63, 3.8) is 0 Å². The maximum Gasteiger partial charge on any atom is 0.399 e. The zero-order valence-electron chi connectivity index (χ0n) is 12.7. The summed E-state index contributed by atoms with van der Waals surface area (Å²) in [4.78, 5) is 18.9. The summed E-state index contributed by atoms with van der Waals surface area (Å²) in [5, 5.41) is 40.1. The fourth-order valence-corrected chi connectivity index (χ4v) is 2.39. The normalized spacial score (nSPS) is 11.6. The average Bonchev–Trinajstić information content (AvgIpc) is 2.52. The second kappa shape index (κ2) is 6.66. The van der Waals surface area contributed by atoms with Crippen LogP contribution >= 0.6 is 0 Å². The Kier molecular flexibility index (Phi) is 4.89. The molecule has 0 fully saturated rings. The lowest BCUT2D eigenvalue weighted by Crippen LogP contribution is -2.22. The van der Waals surface area contributed by atoms with E-state index in [9.17, 15) is 52.4 Å². The molecule has 13 heteroatoms. The molecular weight excluding hydrogens is 387 g/mol. The molecule has 0 spiro atoms. The number of phenolic OH excluding ortho intramolecular Hbond substituents is 2. The largest absolute Gasteiger partial charge is 0.500 e. The number of hydrogen-bond acceptors (Lipinski definition) is 6. The van der Waals surface area contributed by atoms with Gasteiger partial charge in [0.2, 0.25) is 11.5 Å². The van der Waals surface area contributed by atoms with E-state index in [-0.39, 0.29) is 24.3 Å². The topological polar surface area (TPSA) is 127 Å². The van der Waals surface area contributed by atoms with Crippen LogP contribution in [0, 0.1) is 31.9 Å². The SMILES string of the molecule is O=[N+]([O-])c1cc(C(c2cc(F)c(O)c([N+](=O)[O-])c2)C(F)(F)F)cc(F)c1O. The summed E-state index contributed by atoms with van der Waals surface area (Å²) in [7, 11) is 0. The Bertz CT molecular complexity index is 877. The summed E-state index contributed by atoms with van der Waals surface area (Å²) in [6.45, 7) is 0. The average molecular weight is 394 g/mol. The van der Waals surface area contributed by atoms with Gasteiger partial charge in [0.15, 0.2) is 11.6 Å². The quantitative estimate of drug-likeness (QED) is 0.460. The number of nitrogens with zero attached hydrogens (tertiary/aromatic N) is 2. The predicted octanol–water partition coefficient (Wildman–Crippen LogP) is 3.89. The van der Waals surface area contributed by atoms with Gasteiger partial charge in [0, 0.05) is 12.1 Å². The Morgan fingerprint density at radius 3 is 1.41 bits per heavy atom. The van der Waals surface area contributed by atoms with Crippen molar-refractivity contribution in [2.75, 3.05) is 0 Å². The number of halogens is 5. The van der Waals surface area contributed by atoms with E-state index in [1.165, 1.54) is 0 Å². The van der Waals surface area contributed by atoms with Crippen LogP contribution in [0.4, 0.5) is 33.3 Å². The lowest BCUT2D eigenvalue weighted by Gasteiger charge is -2.21. The second-order valence-corrected chi connectivity index (χ2v) is 5.23. The van der Waals surface area contributed by atoms with E-state index in [1.807, 2.05) is 0 Å². The third kappa shape index (κ3) is 3.70. The molecule has 0 amide bonds. The van der Waals surface area contributed by atoms with Crippen LogP contribution in [0.2, 0.25) is 0 Å². The van der Waals surface area contributed by atoms with Gasteiger partial charge in [0.05, 0.1) is 9.85 Å². The van der Waals surface area contributed by atoms with Gasteiger partial charge in [-0.3, -0.25) is 20.2 Å². The van der Waals surface area contributed by atoms with Crippen molar-refractivity contribution in [3.05, 3.63) is 67.3 Å². The minimum Gasteiger partial charge on any atom is -0.500 e. The number of nitro groups is 2. The molecule has 0 aliphatic carbocycles. The van der Waals surface area contributed by atoms with Crippen molar-refractivity contribution in [2.45, 2.75) is 12.1 Å². The van der Waals surface area contributed by atoms with E-state index < -0.39 is 67.6 Å². The van der Waals surface area contributed by atoms with Crippen molar-refractivity contribution >= 4 is 11.4 Å². The van der Waals surface area contributed by atoms with Gasteiger partial charge >= 0.3 is 17.6 Å². The maximum atomic E-state index is 13.7. The first-order valence-corrected chi connectivity index (χ1v) is 6.75. The molecule has 0 radical (unpaired) electrons. The van der Waals surface area contributed by atoms with E-state index in [0.717, 1.165) is 0 Å². The number of nitro benzene ring substituents is 2. The third-order valence-electron chi connectivity index (χ3n) is 3.52. The maximum absolute atomic E-state index is 13.7. The summed E-state index contributed by atoms with van der Waals surface area (Å²) in [6, 6.07) is 0.703. The van der Waals surface area contributed by atoms with E-state index in [4.69, 9.17) is 0 Å². The predicted molar refractivity (Wildman–Crippen MR) is 77.3 cm³/mol. The highest BCUT2D eigenvalue weighted by molar-refractivity contribution is 5.54. The highest BCUT2D eigenvalue weighted by Crippen LogP contribution is 2.45. The summed E-state index contributed by atoms with van der Waals surface area (Å²) < 4.78 is 67.9. The molecule has 0 aromatic heterocycles. The standard InChI is InChI=1S/C14H7F5N2O6/c15-7-1-5(3-9(12(7)22)20(24)25)11(14(17,18)19)6-2-8(16)13(23)10(4-6)21(26)27/h1-4,11,22-23H. The minimum absolute atomic E-state index is 0.136. The van der Waals surface area contributed by atoms with Crippen molar-refractivity contribution in [1.82, 2.24) is 0 Å². The first-order chi connectivity index (χ1) is 12.3. The highest BCUT2D eigenvalue weighted by Gasteiger charge is 2.44. The minimum atomic E-state index is -5.28. The van der Waals surface area contributed by atoms with Crippen molar-refractivity contribution < 1.29 is 42.0 Å². The summed E-state index contributed by atoms with van der Waals surface area (Å²) in [6.07, 6.45) is -5.28. The number of benzene rings is 2. The lowest BCUT2D eigenvalue weighted by molar-refractivity contribution is -0.386. The molecule has 0 bridgehead atoms. The van der Waals surface area contributed by atoms with Crippen LogP contribution in [0.3, 0.4) is 0 Å². The molecule has 0 saturated heterocycles. The van der Waals surface area contributed by atoms with Crippen molar-refractivity contribution in [2.24, 2.45) is 0 Å². The Morgan fingerprint density at radius 2 is 1.15 bits per heavy atom. The Morgan fingerprint density at radius 1 is 0.815 bits per heavy atom. The zero-order chi connectivity index (χ0) is 20.7. The molecule has 0 saturated carbocycles. The summed E-state index contributed by atoms with van der Waals surface area (Å²) in [5.41, 5.74) is -4.98. The number of alkyl halides is 3. The molecule has 2 rings (SSSR count). The Labute approximate surface area is 145 Å². The number of phenols is 2. The smallest absolute Gasteiger partial charge is 0.399 e. The zero-order valence-corrected chi connectivity index (χ0v) is 12.7. The van der Waals surface area contributed by atoms with Crippen LogP contribution in [0.1, 0.15) is 17.0 Å². The van der Waals surface area contributed by atoms with Gasteiger partial charge in [-0.1, -0.05) is 0 Å². The summed E-state index contributed by atoms with van der Waals surface area (Å²) >= 11 is 0. The van der Waals surface area contributed by atoms with Gasteiger partial charge in [0.25, 0.3) is 0 Å². The van der Waals surface area contributed by atoms with Gasteiger partial charge in [-0.2, -0.15) is 13.2 Å². The van der Waals surface area contributed by atoms with E-state index in [2.05, 4.69) is 0 Å². The van der Waals surface area contributed by atoms with E-state index in [1.54, 1.807) is 0 Å². The van der Waals surface area contributed by atoms with Crippen LogP contribution < -0.4 is 0 Å². The molecular formula is C14H7F5N2O6. The molecule has 2 aromatic carbocycles. The molecule has 0 unspecified atom stereocenters. The molecule has 0 heterocycles. The van der Waals surface area contributed by atoms with E-state index >= 15 is 0 Å². The Hall–Kier alpha value is -3.51. The van der Waals surface area contributed by atoms with Gasteiger partial charge in [-0.15, -0.1) is 0 Å². The van der Waals surface area contributed by atoms with Gasteiger partial charge in [0.1, 0.15) is 5.92 Å². The van der Waals surface area contributed by atoms with Crippen LogP contribution in [0.25, 0.3) is 0 Å². The van der Waals surface area contributed by atoms with Crippen molar-refractivity contribution in [3.8, 4) is 11.5 Å². The molecule has 27 heavy (non-hydrogen) atoms.